The third-order valence-electron chi connectivity index (χ3n) is 4.51. The number of benzene rings is 1. The zero-order valence-electron chi connectivity index (χ0n) is 16.5. The molecule has 0 aliphatic carbocycles. The Bertz CT molecular complexity index is 1060. The molecule has 3 aromatic rings. The molecule has 150 valence electrons. The van der Waals surface area contributed by atoms with Crippen molar-refractivity contribution >= 4 is 11.6 Å². The molecule has 29 heavy (non-hydrogen) atoms. The zero-order chi connectivity index (χ0) is 20.8. The minimum atomic E-state index is -0.484. The van der Waals surface area contributed by atoms with Gasteiger partial charge < -0.3 is 19.4 Å². The summed E-state index contributed by atoms with van der Waals surface area (Å²) in [5, 5.41) is 2.66. The van der Waals surface area contributed by atoms with Crippen molar-refractivity contribution in [3.63, 3.8) is 0 Å². The Morgan fingerprint density at radius 1 is 1.10 bits per heavy atom. The first-order valence-corrected chi connectivity index (χ1v) is 9.00. The molecule has 0 bridgehead atoms. The fourth-order valence-electron chi connectivity index (χ4n) is 2.96. The van der Waals surface area contributed by atoms with E-state index in [-0.39, 0.29) is 11.1 Å². The maximum atomic E-state index is 12.9. The number of aryl methyl sites for hydroxylation is 3. The van der Waals surface area contributed by atoms with Crippen LogP contribution in [-0.4, -0.2) is 34.7 Å². The summed E-state index contributed by atoms with van der Waals surface area (Å²) < 4.78 is 12.1. The van der Waals surface area contributed by atoms with E-state index in [4.69, 9.17) is 9.47 Å². The van der Waals surface area contributed by atoms with Gasteiger partial charge in [-0.15, -0.1) is 0 Å². The van der Waals surface area contributed by atoms with Crippen molar-refractivity contribution in [2.45, 2.75) is 19.9 Å². The minimum absolute atomic E-state index is 0.101. The van der Waals surface area contributed by atoms with E-state index < -0.39 is 5.91 Å². The molecule has 0 radical (unpaired) electrons. The van der Waals surface area contributed by atoms with Crippen molar-refractivity contribution in [2.75, 3.05) is 19.5 Å². The topological polar surface area (TPSA) is 95.3 Å². The smallest absolute Gasteiger partial charge is 0.263 e. The average Bonchev–Trinajstić information content (AvgIpc) is 2.73. The first-order valence-electron chi connectivity index (χ1n) is 9.00. The number of ether oxygens (including phenoxy) is 2. The van der Waals surface area contributed by atoms with Gasteiger partial charge in [-0.3, -0.25) is 9.59 Å². The molecule has 0 atom stereocenters. The number of carbonyl (C=O) groups excluding carboxylic acids is 1. The highest BCUT2D eigenvalue weighted by atomic mass is 16.5. The summed E-state index contributed by atoms with van der Waals surface area (Å²) in [6, 6.07) is 7.38. The molecule has 0 aliphatic rings. The molecule has 1 aromatic carbocycles. The Labute approximate surface area is 168 Å². The van der Waals surface area contributed by atoms with Gasteiger partial charge in [-0.2, -0.15) is 0 Å². The van der Waals surface area contributed by atoms with E-state index in [0.717, 1.165) is 5.56 Å². The molecule has 0 unspecified atom stereocenters. The van der Waals surface area contributed by atoms with Gasteiger partial charge in [-0.25, -0.2) is 9.97 Å². The lowest BCUT2D eigenvalue weighted by molar-refractivity contribution is 0.102. The number of pyridine rings is 1. The highest BCUT2D eigenvalue weighted by Gasteiger charge is 2.16. The molecule has 1 amide bonds. The number of aromatic nitrogens is 3. The van der Waals surface area contributed by atoms with Crippen LogP contribution in [0.4, 0.5) is 5.69 Å². The van der Waals surface area contributed by atoms with Crippen molar-refractivity contribution in [1.29, 1.82) is 0 Å². The summed E-state index contributed by atoms with van der Waals surface area (Å²) in [6.45, 7) is 2.15. The Kier molecular flexibility index (Phi) is 6.23. The molecule has 0 fully saturated rings. The summed E-state index contributed by atoms with van der Waals surface area (Å²) in [5.74, 6) is 0.793. The number of rotatable bonds is 7. The Balaban J connectivity index is 1.80. The molecule has 0 saturated heterocycles. The number of hydrogen-bond acceptors (Lipinski definition) is 6. The highest BCUT2D eigenvalue weighted by molar-refractivity contribution is 6.04. The fourth-order valence-corrected chi connectivity index (χ4v) is 2.96. The molecule has 8 heteroatoms. The van der Waals surface area contributed by atoms with Crippen LogP contribution >= 0.6 is 0 Å². The standard InChI is InChI=1S/C21H22N4O4/c1-14-6-8-25(9-7-15-4-5-17(28-2)18(10-15)29-3)21(27)19(14)20(26)24-16-11-22-13-23-12-16/h4-6,8,10-13H,7,9H2,1-3H3,(H,24,26). The summed E-state index contributed by atoms with van der Waals surface area (Å²) in [7, 11) is 3.16. The Hall–Kier alpha value is -3.68. The summed E-state index contributed by atoms with van der Waals surface area (Å²) in [4.78, 5) is 33.2. The van der Waals surface area contributed by atoms with Gasteiger partial charge in [0.2, 0.25) is 0 Å². The van der Waals surface area contributed by atoms with E-state index in [1.54, 1.807) is 33.4 Å². The number of anilines is 1. The molecular weight excluding hydrogens is 372 g/mol. The number of nitrogens with zero attached hydrogens (tertiary/aromatic N) is 3. The van der Waals surface area contributed by atoms with Crippen LogP contribution in [-0.2, 0) is 13.0 Å². The van der Waals surface area contributed by atoms with Gasteiger partial charge in [0.1, 0.15) is 11.9 Å². The number of carbonyl (C=O) groups is 1. The first kappa shape index (κ1) is 20.1. The molecule has 2 aromatic heterocycles. The van der Waals surface area contributed by atoms with Crippen molar-refractivity contribution in [3.05, 3.63) is 76.2 Å². The van der Waals surface area contributed by atoms with E-state index in [2.05, 4.69) is 15.3 Å². The second-order valence-electron chi connectivity index (χ2n) is 6.39. The predicted octanol–water partition coefficient (Wildman–Crippen LogP) is 2.46. The third-order valence-corrected chi connectivity index (χ3v) is 4.51. The van der Waals surface area contributed by atoms with Crippen LogP contribution in [0.25, 0.3) is 0 Å². The van der Waals surface area contributed by atoms with Crippen molar-refractivity contribution in [3.8, 4) is 11.5 Å². The lowest BCUT2D eigenvalue weighted by atomic mass is 10.1. The molecule has 3 rings (SSSR count). The Morgan fingerprint density at radius 2 is 1.83 bits per heavy atom. The maximum absolute atomic E-state index is 12.9. The number of amides is 1. The van der Waals surface area contributed by atoms with E-state index in [0.29, 0.717) is 35.7 Å². The van der Waals surface area contributed by atoms with Crippen LogP contribution in [0.5, 0.6) is 11.5 Å². The molecule has 0 spiro atoms. The van der Waals surface area contributed by atoms with Gasteiger partial charge in [-0.1, -0.05) is 6.07 Å². The van der Waals surface area contributed by atoms with E-state index >= 15 is 0 Å². The van der Waals surface area contributed by atoms with Crippen LogP contribution in [0.15, 0.2) is 54.0 Å². The van der Waals surface area contributed by atoms with Crippen LogP contribution in [0, 0.1) is 6.92 Å². The molecule has 2 heterocycles. The van der Waals surface area contributed by atoms with E-state index in [1.807, 2.05) is 18.2 Å². The second kappa shape index (κ2) is 9.01. The summed E-state index contributed by atoms with van der Waals surface area (Å²) >= 11 is 0. The summed E-state index contributed by atoms with van der Waals surface area (Å²) in [6.07, 6.45) is 6.60. The van der Waals surface area contributed by atoms with Crippen molar-refractivity contribution in [1.82, 2.24) is 14.5 Å². The number of hydrogen-bond donors (Lipinski definition) is 1. The molecule has 0 aliphatic heterocycles. The molecule has 8 nitrogen and oxygen atoms in total. The van der Waals surface area contributed by atoms with Gasteiger partial charge >= 0.3 is 0 Å². The lowest BCUT2D eigenvalue weighted by Crippen LogP contribution is -2.30. The zero-order valence-corrected chi connectivity index (χ0v) is 16.5. The van der Waals surface area contributed by atoms with Gasteiger partial charge in [0.15, 0.2) is 11.5 Å². The summed E-state index contributed by atoms with van der Waals surface area (Å²) in [5.41, 5.74) is 1.77. The Morgan fingerprint density at radius 3 is 2.52 bits per heavy atom. The van der Waals surface area contributed by atoms with Gasteiger partial charge in [0, 0.05) is 12.7 Å². The lowest BCUT2D eigenvalue weighted by Gasteiger charge is -2.12. The highest BCUT2D eigenvalue weighted by Crippen LogP contribution is 2.27. The molecular formula is C21H22N4O4. The molecule has 1 N–H and O–H groups in total. The number of methoxy groups -OCH3 is 2. The third kappa shape index (κ3) is 4.60. The average molecular weight is 394 g/mol. The SMILES string of the molecule is COc1ccc(CCn2ccc(C)c(C(=O)Nc3cncnc3)c2=O)cc1OC. The van der Waals surface area contributed by atoms with Crippen LogP contribution in [0.1, 0.15) is 21.5 Å². The fraction of sp³-hybridized carbons (Fsp3) is 0.238. The normalized spacial score (nSPS) is 10.4. The van der Waals surface area contributed by atoms with Crippen molar-refractivity contribution < 1.29 is 14.3 Å². The van der Waals surface area contributed by atoms with E-state index in [1.165, 1.54) is 23.3 Å². The largest absolute Gasteiger partial charge is 0.493 e. The predicted molar refractivity (Wildman–Crippen MR) is 109 cm³/mol. The maximum Gasteiger partial charge on any atom is 0.263 e. The van der Waals surface area contributed by atoms with Crippen LogP contribution < -0.4 is 20.3 Å². The second-order valence-corrected chi connectivity index (χ2v) is 6.39. The molecule has 0 saturated carbocycles. The monoisotopic (exact) mass is 394 g/mol. The van der Waals surface area contributed by atoms with Gasteiger partial charge in [0.05, 0.1) is 32.3 Å². The van der Waals surface area contributed by atoms with Crippen LogP contribution in [0.2, 0.25) is 0 Å². The van der Waals surface area contributed by atoms with Crippen molar-refractivity contribution in [2.24, 2.45) is 0 Å². The first-order chi connectivity index (χ1) is 14.0. The van der Waals surface area contributed by atoms with Gasteiger partial charge in [0.25, 0.3) is 11.5 Å². The minimum Gasteiger partial charge on any atom is -0.493 e. The van der Waals surface area contributed by atoms with Gasteiger partial charge in [-0.05, 0) is 42.7 Å². The van der Waals surface area contributed by atoms with E-state index in [9.17, 15) is 9.59 Å². The number of nitrogens with one attached hydrogen (secondary N) is 1. The quantitative estimate of drug-likeness (QED) is 0.661. The van der Waals surface area contributed by atoms with Crippen LogP contribution in [0.3, 0.4) is 0 Å².